The molecule has 0 aliphatic carbocycles. The summed E-state index contributed by atoms with van der Waals surface area (Å²) in [5.41, 5.74) is 5.52. The Bertz CT molecular complexity index is 818. The van der Waals surface area contributed by atoms with Gasteiger partial charge in [-0.3, -0.25) is 9.09 Å². The number of aromatic nitrogens is 4. The number of nitrogens with zero attached hydrogens (tertiary/aromatic N) is 4. The maximum Gasteiger partial charge on any atom is 1.00 e. The zero-order valence-corrected chi connectivity index (χ0v) is 15.7. The standard InChI is InChI=1S/C10H13FN5O7P.Na/c11-10-14-7(12)4-8(15-10)16(2-13-4)9-6(18)5(17)3(23-9)1-22-24(19,20)21;/h2-3,5-6,9,17-18H,1H2,(H2,12,14,15)(H2,19,20,21);/q;+1. The van der Waals surface area contributed by atoms with Gasteiger partial charge in [-0.05, 0) is 0 Å². The molecule has 0 radical (unpaired) electrons. The molecule has 12 nitrogen and oxygen atoms in total. The van der Waals surface area contributed by atoms with Crippen molar-refractivity contribution in [2.75, 3.05) is 12.3 Å². The molecule has 0 bridgehead atoms. The number of imidazole rings is 1. The van der Waals surface area contributed by atoms with Gasteiger partial charge in [-0.1, -0.05) is 0 Å². The predicted octanol–water partition coefficient (Wildman–Crippen LogP) is -4.72. The quantitative estimate of drug-likeness (QED) is 0.192. The van der Waals surface area contributed by atoms with Crippen LogP contribution in [0.15, 0.2) is 6.33 Å². The van der Waals surface area contributed by atoms with Gasteiger partial charge in [-0.25, -0.2) is 9.55 Å². The Kier molecular flexibility index (Phi) is 6.16. The fraction of sp³-hybridized carbons (Fsp3) is 0.500. The number of hydrogen-bond acceptors (Lipinski definition) is 9. The van der Waals surface area contributed by atoms with Crippen molar-refractivity contribution >= 4 is 24.8 Å². The van der Waals surface area contributed by atoms with E-state index in [2.05, 4.69) is 19.5 Å². The summed E-state index contributed by atoms with van der Waals surface area (Å²) in [5, 5.41) is 20.0. The fourth-order valence-electron chi connectivity index (χ4n) is 2.36. The monoisotopic (exact) mass is 388 g/mol. The minimum Gasteiger partial charge on any atom is -0.387 e. The Hall–Kier alpha value is -0.730. The van der Waals surface area contributed by atoms with Gasteiger partial charge in [0.2, 0.25) is 0 Å². The average molecular weight is 388 g/mol. The third-order valence-corrected chi connectivity index (χ3v) is 3.92. The molecular weight excluding hydrogens is 375 g/mol. The van der Waals surface area contributed by atoms with Crippen molar-refractivity contribution in [2.24, 2.45) is 0 Å². The Labute approximate surface area is 161 Å². The molecule has 1 fully saturated rings. The van der Waals surface area contributed by atoms with Crippen LogP contribution in [0.5, 0.6) is 0 Å². The van der Waals surface area contributed by atoms with E-state index in [0.717, 1.165) is 10.9 Å². The molecule has 3 rings (SSSR count). The van der Waals surface area contributed by atoms with E-state index in [1.807, 2.05) is 0 Å². The number of halogens is 1. The van der Waals surface area contributed by atoms with Gasteiger partial charge in [-0.2, -0.15) is 14.4 Å². The SMILES string of the molecule is Nc1nc(F)nc2c1ncn2C1OC(COP(=O)(O)O)C(O)C1O.[Na+]. The molecule has 0 aromatic carbocycles. The summed E-state index contributed by atoms with van der Waals surface area (Å²) in [4.78, 5) is 28.1. The first-order chi connectivity index (χ1) is 11.2. The molecule has 0 spiro atoms. The van der Waals surface area contributed by atoms with Crippen LogP contribution in [0.3, 0.4) is 0 Å². The minimum atomic E-state index is -4.78. The van der Waals surface area contributed by atoms with Crippen LogP contribution in [0.4, 0.5) is 10.2 Å². The van der Waals surface area contributed by atoms with Crippen molar-refractivity contribution in [3.63, 3.8) is 0 Å². The van der Waals surface area contributed by atoms with Gasteiger partial charge in [0.1, 0.15) is 18.3 Å². The minimum absolute atomic E-state index is 0. The van der Waals surface area contributed by atoms with Gasteiger partial charge < -0.3 is 30.5 Å². The smallest absolute Gasteiger partial charge is 0.387 e. The van der Waals surface area contributed by atoms with Crippen molar-refractivity contribution in [3.8, 4) is 0 Å². The summed E-state index contributed by atoms with van der Waals surface area (Å²) >= 11 is 0. The van der Waals surface area contributed by atoms with Crippen LogP contribution < -0.4 is 35.3 Å². The molecule has 15 heteroatoms. The number of nitrogens with two attached hydrogens (primary N) is 1. The third-order valence-electron chi connectivity index (χ3n) is 3.44. The van der Waals surface area contributed by atoms with Crippen LogP contribution >= 0.6 is 7.82 Å². The number of anilines is 1. The molecule has 1 aliphatic rings. The number of phosphoric acid groups is 1. The summed E-state index contributed by atoms with van der Waals surface area (Å²) in [6.07, 6.45) is -5.46. The number of aliphatic hydroxyl groups excluding tert-OH is 2. The predicted molar refractivity (Wildman–Crippen MR) is 73.6 cm³/mol. The number of rotatable bonds is 4. The van der Waals surface area contributed by atoms with E-state index in [1.54, 1.807) is 0 Å². The molecule has 132 valence electrons. The maximum atomic E-state index is 13.3. The normalized spacial score (nSPS) is 26.8. The number of fused-ring (bicyclic) bond motifs is 1. The molecule has 1 aliphatic heterocycles. The van der Waals surface area contributed by atoms with E-state index in [1.165, 1.54) is 0 Å². The average Bonchev–Trinajstić information content (AvgIpc) is 3.00. The maximum absolute atomic E-state index is 13.3. The fourth-order valence-corrected chi connectivity index (χ4v) is 2.71. The summed E-state index contributed by atoms with van der Waals surface area (Å²) < 4.78 is 34.8. The van der Waals surface area contributed by atoms with E-state index in [9.17, 15) is 19.2 Å². The van der Waals surface area contributed by atoms with E-state index < -0.39 is 45.0 Å². The van der Waals surface area contributed by atoms with Crippen LogP contribution in [0, 0.1) is 6.08 Å². The van der Waals surface area contributed by atoms with Gasteiger partial charge in [0.25, 0.3) is 0 Å². The van der Waals surface area contributed by atoms with E-state index in [4.69, 9.17) is 20.3 Å². The second-order valence-electron chi connectivity index (χ2n) is 5.03. The summed E-state index contributed by atoms with van der Waals surface area (Å²) in [7, 11) is -4.78. The van der Waals surface area contributed by atoms with Crippen LogP contribution in [-0.2, 0) is 13.8 Å². The molecule has 0 amide bonds. The molecule has 25 heavy (non-hydrogen) atoms. The number of ether oxygens (including phenoxy) is 1. The molecule has 3 heterocycles. The molecule has 4 unspecified atom stereocenters. The van der Waals surface area contributed by atoms with Gasteiger partial charge >= 0.3 is 43.5 Å². The summed E-state index contributed by atoms with van der Waals surface area (Å²) in [5.74, 6) is -0.217. The molecule has 2 aromatic rings. The Morgan fingerprint density at radius 3 is 2.68 bits per heavy atom. The number of aliphatic hydroxyl groups is 2. The Balaban J connectivity index is 0.00000225. The van der Waals surface area contributed by atoms with Crippen LogP contribution in [0.1, 0.15) is 6.23 Å². The zero-order valence-electron chi connectivity index (χ0n) is 12.8. The van der Waals surface area contributed by atoms with Crippen LogP contribution in [0.25, 0.3) is 11.2 Å². The van der Waals surface area contributed by atoms with Crippen molar-refractivity contribution in [1.82, 2.24) is 19.5 Å². The molecular formula is C10H13FN5NaO7P+. The second-order valence-corrected chi connectivity index (χ2v) is 6.27. The third kappa shape index (κ3) is 4.17. The summed E-state index contributed by atoms with van der Waals surface area (Å²) in [6, 6.07) is 0. The Morgan fingerprint density at radius 1 is 1.36 bits per heavy atom. The van der Waals surface area contributed by atoms with Crippen molar-refractivity contribution < 1.29 is 67.8 Å². The van der Waals surface area contributed by atoms with Crippen LogP contribution in [-0.4, -0.2) is 64.4 Å². The first kappa shape index (κ1) is 20.6. The van der Waals surface area contributed by atoms with Crippen molar-refractivity contribution in [3.05, 3.63) is 12.4 Å². The first-order valence-electron chi connectivity index (χ1n) is 6.54. The van der Waals surface area contributed by atoms with Gasteiger partial charge in [0.15, 0.2) is 23.2 Å². The van der Waals surface area contributed by atoms with Crippen LogP contribution in [0.2, 0.25) is 0 Å². The Morgan fingerprint density at radius 2 is 2.04 bits per heavy atom. The van der Waals surface area contributed by atoms with Gasteiger partial charge in [0, 0.05) is 0 Å². The van der Waals surface area contributed by atoms with Gasteiger partial charge in [-0.15, -0.1) is 0 Å². The molecule has 2 aromatic heterocycles. The van der Waals surface area contributed by atoms with E-state index in [-0.39, 0.29) is 46.5 Å². The van der Waals surface area contributed by atoms with Crippen molar-refractivity contribution in [1.29, 1.82) is 0 Å². The van der Waals surface area contributed by atoms with E-state index in [0.29, 0.717) is 0 Å². The van der Waals surface area contributed by atoms with Gasteiger partial charge in [0.05, 0.1) is 12.9 Å². The topological polar surface area (TPSA) is 186 Å². The first-order valence-corrected chi connectivity index (χ1v) is 8.07. The molecule has 6 N–H and O–H groups in total. The second kappa shape index (κ2) is 7.48. The molecule has 4 atom stereocenters. The number of phosphoric ester groups is 1. The van der Waals surface area contributed by atoms with E-state index >= 15 is 0 Å². The van der Waals surface area contributed by atoms with Crippen molar-refractivity contribution in [2.45, 2.75) is 24.5 Å². The molecule has 0 saturated carbocycles. The largest absolute Gasteiger partial charge is 1.00 e. The zero-order chi connectivity index (χ0) is 17.6. The summed E-state index contributed by atoms with van der Waals surface area (Å²) in [6.45, 7) is -0.670. The number of hydrogen-bond donors (Lipinski definition) is 5. The molecule has 1 saturated heterocycles. The number of nitrogen functional groups attached to an aromatic ring is 1.